The number of nitrogens with one attached hydrogen (secondary N) is 1. The Hall–Kier alpha value is 0.410. The van der Waals surface area contributed by atoms with Crippen molar-refractivity contribution in [1.29, 1.82) is 5.26 Å². The minimum Gasteiger partial charge on any atom is -0.289 e. The zero-order chi connectivity index (χ0) is 6.85. The average Bonchev–Trinajstić information content (AvgIpc) is 2.13. The predicted octanol–water partition coefficient (Wildman–Crippen LogP) is 1.36. The van der Waals surface area contributed by atoms with Crippen molar-refractivity contribution in [3.05, 3.63) is 0 Å². The fourth-order valence-electron chi connectivity index (χ4n) is 0.799. The molecule has 0 aliphatic carbocycles. The number of nitrogens with zero attached hydrogens (tertiary/aromatic N) is 1. The van der Waals surface area contributed by atoms with Gasteiger partial charge in [-0.05, 0) is 6.42 Å². The van der Waals surface area contributed by atoms with Gasteiger partial charge in [0.2, 0.25) is 0 Å². The van der Waals surface area contributed by atoms with E-state index in [1.165, 1.54) is 0 Å². The first-order valence-electron chi connectivity index (χ1n) is 2.68. The van der Waals surface area contributed by atoms with Gasteiger partial charge in [0.1, 0.15) is 0 Å². The maximum atomic E-state index is 8.45. The molecular weight excluding hydrogens is 248 g/mol. The first kappa shape index (κ1) is 7.52. The molecule has 0 saturated carbocycles. The van der Waals surface area contributed by atoms with E-state index in [4.69, 9.17) is 5.26 Å². The molecule has 3 unspecified atom stereocenters. The molecule has 2 nitrogen and oxygen atoms in total. The molecule has 1 N–H and O–H groups in total. The Balaban J connectivity index is 2.46. The Morgan fingerprint density at radius 3 is 2.44 bits per heavy atom. The van der Waals surface area contributed by atoms with Crippen molar-refractivity contribution < 1.29 is 0 Å². The minimum absolute atomic E-state index is 0.0127. The number of rotatable bonds is 0. The topological polar surface area (TPSA) is 35.8 Å². The number of hydrogen-bond acceptors (Lipinski definition) is 2. The SMILES string of the molecule is N#CC1CC(Br)C(Br)N1. The van der Waals surface area contributed by atoms with Crippen LogP contribution in [0.2, 0.25) is 0 Å². The Morgan fingerprint density at radius 1 is 1.56 bits per heavy atom. The molecule has 3 atom stereocenters. The van der Waals surface area contributed by atoms with E-state index in [1.807, 2.05) is 0 Å². The molecule has 0 aromatic carbocycles. The molecule has 4 heteroatoms. The highest BCUT2D eigenvalue weighted by molar-refractivity contribution is 9.12. The van der Waals surface area contributed by atoms with E-state index in [-0.39, 0.29) is 11.0 Å². The maximum absolute atomic E-state index is 8.45. The van der Waals surface area contributed by atoms with Gasteiger partial charge in [0.15, 0.2) is 0 Å². The number of hydrogen-bond donors (Lipinski definition) is 1. The van der Waals surface area contributed by atoms with Crippen molar-refractivity contribution in [3.63, 3.8) is 0 Å². The van der Waals surface area contributed by atoms with Crippen LogP contribution in [0.25, 0.3) is 0 Å². The van der Waals surface area contributed by atoms with Crippen molar-refractivity contribution in [2.24, 2.45) is 0 Å². The van der Waals surface area contributed by atoms with E-state index < -0.39 is 0 Å². The van der Waals surface area contributed by atoms with E-state index in [1.54, 1.807) is 0 Å². The molecule has 0 aromatic heterocycles. The van der Waals surface area contributed by atoms with Gasteiger partial charge >= 0.3 is 0 Å². The highest BCUT2D eigenvalue weighted by Crippen LogP contribution is 2.23. The van der Waals surface area contributed by atoms with Crippen LogP contribution in [-0.4, -0.2) is 15.8 Å². The van der Waals surface area contributed by atoms with Crippen molar-refractivity contribution >= 4 is 31.9 Å². The van der Waals surface area contributed by atoms with Gasteiger partial charge in [-0.1, -0.05) is 31.9 Å². The standard InChI is InChI=1S/C5H6Br2N2/c6-4-1-3(2-8)9-5(4)7/h3-5,9H,1H2. The largest absolute Gasteiger partial charge is 0.289 e. The minimum atomic E-state index is 0.0127. The van der Waals surface area contributed by atoms with Gasteiger partial charge in [-0.3, -0.25) is 5.32 Å². The summed E-state index contributed by atoms with van der Waals surface area (Å²) in [7, 11) is 0. The molecule has 1 aliphatic rings. The smallest absolute Gasteiger partial charge is 0.0973 e. The molecule has 1 heterocycles. The summed E-state index contributed by atoms with van der Waals surface area (Å²) >= 11 is 6.80. The van der Waals surface area contributed by atoms with Crippen LogP contribution in [0.5, 0.6) is 0 Å². The lowest BCUT2D eigenvalue weighted by atomic mass is 10.2. The molecule has 1 saturated heterocycles. The molecule has 50 valence electrons. The fourth-order valence-corrected chi connectivity index (χ4v) is 1.86. The first-order chi connectivity index (χ1) is 4.24. The molecule has 1 fully saturated rings. The lowest BCUT2D eigenvalue weighted by Gasteiger charge is -2.01. The van der Waals surface area contributed by atoms with Crippen LogP contribution >= 0.6 is 31.9 Å². The lowest BCUT2D eigenvalue weighted by molar-refractivity contribution is 0.726. The summed E-state index contributed by atoms with van der Waals surface area (Å²) in [6.45, 7) is 0. The Kier molecular flexibility index (Phi) is 2.50. The fraction of sp³-hybridized carbons (Fsp3) is 0.800. The molecular formula is C5H6Br2N2. The third kappa shape index (κ3) is 1.66. The number of nitriles is 1. The Morgan fingerprint density at radius 2 is 2.22 bits per heavy atom. The van der Waals surface area contributed by atoms with E-state index in [9.17, 15) is 0 Å². The van der Waals surface area contributed by atoms with Crippen LogP contribution in [0.15, 0.2) is 0 Å². The van der Waals surface area contributed by atoms with Crippen molar-refractivity contribution in [3.8, 4) is 6.07 Å². The van der Waals surface area contributed by atoms with Crippen molar-refractivity contribution in [1.82, 2.24) is 5.32 Å². The number of alkyl halides is 2. The van der Waals surface area contributed by atoms with E-state index in [0.29, 0.717) is 4.83 Å². The van der Waals surface area contributed by atoms with Crippen LogP contribution in [0.4, 0.5) is 0 Å². The quantitative estimate of drug-likeness (QED) is 0.523. The summed E-state index contributed by atoms with van der Waals surface area (Å²) in [6, 6.07) is 2.17. The van der Waals surface area contributed by atoms with Gasteiger partial charge in [0.05, 0.1) is 17.1 Å². The third-order valence-electron chi connectivity index (χ3n) is 1.29. The zero-order valence-corrected chi connectivity index (χ0v) is 7.81. The van der Waals surface area contributed by atoms with Crippen LogP contribution in [0.1, 0.15) is 6.42 Å². The van der Waals surface area contributed by atoms with Gasteiger partial charge in [0.25, 0.3) is 0 Å². The van der Waals surface area contributed by atoms with Crippen LogP contribution in [-0.2, 0) is 0 Å². The van der Waals surface area contributed by atoms with Crippen molar-refractivity contribution in [2.75, 3.05) is 0 Å². The van der Waals surface area contributed by atoms with Crippen LogP contribution in [0, 0.1) is 11.3 Å². The summed E-state index contributed by atoms with van der Waals surface area (Å²) in [5, 5.41) is 11.5. The van der Waals surface area contributed by atoms with Crippen LogP contribution in [0.3, 0.4) is 0 Å². The van der Waals surface area contributed by atoms with E-state index in [2.05, 4.69) is 43.2 Å². The van der Waals surface area contributed by atoms with Crippen LogP contribution < -0.4 is 5.32 Å². The third-order valence-corrected chi connectivity index (χ3v) is 3.81. The Labute approximate surface area is 70.9 Å². The maximum Gasteiger partial charge on any atom is 0.0973 e. The molecule has 0 radical (unpaired) electrons. The summed E-state index contributed by atoms with van der Waals surface area (Å²) in [5.41, 5.74) is 0. The highest BCUT2D eigenvalue weighted by atomic mass is 79.9. The predicted molar refractivity (Wildman–Crippen MR) is 42.6 cm³/mol. The van der Waals surface area contributed by atoms with E-state index >= 15 is 0 Å². The second-order valence-corrected chi connectivity index (χ2v) is 4.16. The second kappa shape index (κ2) is 3.00. The number of halogens is 2. The zero-order valence-electron chi connectivity index (χ0n) is 4.64. The van der Waals surface area contributed by atoms with Gasteiger partial charge < -0.3 is 0 Å². The molecule has 0 aromatic rings. The summed E-state index contributed by atoms with van der Waals surface area (Å²) in [6.07, 6.45) is 0.881. The molecule has 1 rings (SSSR count). The molecule has 1 aliphatic heterocycles. The molecule has 0 bridgehead atoms. The summed E-state index contributed by atoms with van der Waals surface area (Å²) in [4.78, 5) is 0.643. The lowest BCUT2D eigenvalue weighted by Crippen LogP contribution is -2.25. The second-order valence-electron chi connectivity index (χ2n) is 2.00. The van der Waals surface area contributed by atoms with E-state index in [0.717, 1.165) is 6.42 Å². The van der Waals surface area contributed by atoms with Gasteiger partial charge in [-0.2, -0.15) is 5.26 Å². The Bertz CT molecular complexity index is 132. The summed E-state index contributed by atoms with van der Waals surface area (Å²) in [5.74, 6) is 0. The monoisotopic (exact) mass is 252 g/mol. The average molecular weight is 254 g/mol. The van der Waals surface area contributed by atoms with Gasteiger partial charge in [-0.25, -0.2) is 0 Å². The van der Waals surface area contributed by atoms with Crippen molar-refractivity contribution in [2.45, 2.75) is 22.2 Å². The van der Waals surface area contributed by atoms with Gasteiger partial charge in [0, 0.05) is 4.83 Å². The molecule has 9 heavy (non-hydrogen) atoms. The molecule has 0 spiro atoms. The highest BCUT2D eigenvalue weighted by Gasteiger charge is 2.29. The molecule has 0 amide bonds. The normalized spacial score (nSPS) is 42.6. The first-order valence-corrected chi connectivity index (χ1v) is 4.51. The summed E-state index contributed by atoms with van der Waals surface area (Å²) < 4.78 is 0. The van der Waals surface area contributed by atoms with Gasteiger partial charge in [-0.15, -0.1) is 0 Å².